The fourth-order valence-electron chi connectivity index (χ4n) is 8.87. The number of aromatic nitrogens is 5. The van der Waals surface area contributed by atoms with Crippen molar-refractivity contribution in [1.82, 2.24) is 34.5 Å². The molecule has 5 aromatic rings. The van der Waals surface area contributed by atoms with Gasteiger partial charge in [-0.3, -0.25) is 4.90 Å². The number of likely N-dealkylation sites (tertiary alicyclic amines) is 1. The number of halogens is 5. The fraction of sp³-hybridized carbons (Fsp3) is 0.444. The third-order valence-corrected chi connectivity index (χ3v) is 13.4. The van der Waals surface area contributed by atoms with E-state index in [1.807, 2.05) is 24.8 Å². The largest absolute Gasteiger partial charge is 0.461 e. The van der Waals surface area contributed by atoms with Gasteiger partial charge in [-0.25, -0.2) is 22.9 Å². The number of thiophene rings is 1. The Morgan fingerprint density at radius 1 is 1.22 bits per heavy atom. The molecule has 4 fully saturated rings. The minimum absolute atomic E-state index is 0.0155. The van der Waals surface area contributed by atoms with E-state index in [0.29, 0.717) is 25.3 Å². The van der Waals surface area contributed by atoms with Crippen LogP contribution in [0.4, 0.5) is 28.8 Å². The minimum Gasteiger partial charge on any atom is -0.461 e. The molecule has 0 saturated carbocycles. The first-order chi connectivity index (χ1) is 26.3. The number of fused-ring (bicyclic) bond motifs is 3. The Morgan fingerprint density at radius 3 is 2.78 bits per heavy atom. The molecular formula is C36H33Cl2F3N10O3S. The van der Waals surface area contributed by atoms with E-state index in [1.165, 1.54) is 18.5 Å². The molecule has 4 aliphatic rings. The molecule has 7 heterocycles. The number of nitriles is 1. The topological polar surface area (TPSA) is 152 Å². The number of amides is 1. The van der Waals surface area contributed by atoms with Gasteiger partial charge in [-0.05, 0) is 62.5 Å². The highest BCUT2D eigenvalue weighted by Gasteiger charge is 2.64. The highest BCUT2D eigenvalue weighted by molar-refractivity contribution is 7.23. The summed E-state index contributed by atoms with van der Waals surface area (Å²) in [6.07, 6.45) is 2.21. The average molecular weight is 814 g/mol. The molecule has 3 atom stereocenters. The molecule has 1 amide bonds. The van der Waals surface area contributed by atoms with Crippen LogP contribution in [0.25, 0.3) is 32.1 Å². The maximum Gasteiger partial charge on any atom is 0.346 e. The Kier molecular flexibility index (Phi) is 8.41. The second kappa shape index (κ2) is 12.8. The third-order valence-electron chi connectivity index (χ3n) is 11.9. The van der Waals surface area contributed by atoms with Gasteiger partial charge in [-0.1, -0.05) is 17.7 Å². The van der Waals surface area contributed by atoms with E-state index in [1.54, 1.807) is 11.0 Å². The van der Waals surface area contributed by atoms with Crippen molar-refractivity contribution in [3.8, 4) is 23.2 Å². The number of benzene rings is 2. The van der Waals surface area contributed by atoms with Crippen LogP contribution < -0.4 is 15.4 Å². The molecule has 9 rings (SSSR count). The van der Waals surface area contributed by atoms with Crippen LogP contribution in [0.5, 0.6) is 6.01 Å². The van der Waals surface area contributed by atoms with Gasteiger partial charge in [0.2, 0.25) is 5.28 Å². The Labute approximate surface area is 326 Å². The summed E-state index contributed by atoms with van der Waals surface area (Å²) >= 11 is 13.7. The molecule has 3 aromatic heterocycles. The number of hydrogen-bond acceptors (Lipinski definition) is 12. The van der Waals surface area contributed by atoms with E-state index in [2.05, 4.69) is 20.0 Å². The lowest BCUT2D eigenvalue weighted by Gasteiger charge is -2.64. The van der Waals surface area contributed by atoms with E-state index < -0.39 is 40.5 Å². The first-order valence-corrected chi connectivity index (χ1v) is 19.2. The van der Waals surface area contributed by atoms with E-state index in [-0.39, 0.29) is 85.3 Å². The van der Waals surface area contributed by atoms with Crippen molar-refractivity contribution < 1.29 is 27.4 Å². The molecule has 286 valence electrons. The SMILES string of the molecule is CC1(C)N(C(=O)n2cnc(Cl)n2)CC12CN(c1nc(OC[C@@]34CCCN3C[C@H](F)C4)nc3c(F)c(-c4ccc(F)c5sc(N)c(C#N)c45)c(Cl)cc13)CCO2. The van der Waals surface area contributed by atoms with Gasteiger partial charge in [0.05, 0.1) is 46.1 Å². The predicted octanol–water partition coefficient (Wildman–Crippen LogP) is 6.43. The van der Waals surface area contributed by atoms with Crippen LogP contribution in [0.15, 0.2) is 24.5 Å². The zero-order chi connectivity index (χ0) is 38.6. The van der Waals surface area contributed by atoms with Gasteiger partial charge in [0.25, 0.3) is 0 Å². The van der Waals surface area contributed by atoms with Crippen molar-refractivity contribution in [2.45, 2.75) is 56.0 Å². The Balaban J connectivity index is 1.15. The molecule has 4 saturated heterocycles. The number of anilines is 2. The van der Waals surface area contributed by atoms with Crippen molar-refractivity contribution in [1.29, 1.82) is 5.26 Å². The van der Waals surface area contributed by atoms with Crippen molar-refractivity contribution in [3.05, 3.63) is 52.0 Å². The van der Waals surface area contributed by atoms with Crippen LogP contribution in [0.3, 0.4) is 0 Å². The van der Waals surface area contributed by atoms with Crippen LogP contribution in [0.2, 0.25) is 10.3 Å². The van der Waals surface area contributed by atoms with Gasteiger partial charge in [-0.2, -0.15) is 19.9 Å². The van der Waals surface area contributed by atoms with E-state index >= 15 is 8.78 Å². The van der Waals surface area contributed by atoms with Crippen molar-refractivity contribution >= 4 is 72.4 Å². The summed E-state index contributed by atoms with van der Waals surface area (Å²) in [4.78, 5) is 32.3. The monoisotopic (exact) mass is 812 g/mol. The summed E-state index contributed by atoms with van der Waals surface area (Å²) in [5.74, 6) is -1.13. The number of nitrogen functional groups attached to an aromatic ring is 1. The predicted molar refractivity (Wildman–Crippen MR) is 200 cm³/mol. The van der Waals surface area contributed by atoms with Crippen LogP contribution in [-0.4, -0.2) is 109 Å². The Hall–Kier alpha value is -4.47. The Bertz CT molecular complexity index is 2480. The summed E-state index contributed by atoms with van der Waals surface area (Å²) in [5, 5.41) is 14.3. The molecule has 13 nitrogen and oxygen atoms in total. The second-order valence-electron chi connectivity index (χ2n) is 15.0. The number of nitrogens with zero attached hydrogens (tertiary/aromatic N) is 9. The standard InChI is InChI=1S/C36H33Cl2F3N10O3S/c1-34(2)36(15-50(34)33(52)51-17-44-31(38)47-51)14-48(8-9-54-36)30-20-10-22(37)25(19-4-5-23(40)28-24(19)21(12-42)29(43)55-28)26(41)27(20)45-32(46-30)53-16-35-6-3-7-49(35)13-18(39)11-35/h4-5,10,17-18H,3,6-9,11,13-16,43H2,1-2H3/t18-,35+,36?/m1/s1. The molecule has 2 aromatic carbocycles. The fourth-order valence-corrected chi connectivity index (χ4v) is 10.2. The summed E-state index contributed by atoms with van der Waals surface area (Å²) < 4.78 is 60.8. The molecule has 2 N–H and O–H groups in total. The van der Waals surface area contributed by atoms with Gasteiger partial charge >= 0.3 is 12.0 Å². The van der Waals surface area contributed by atoms with Gasteiger partial charge in [0.1, 0.15) is 52.9 Å². The molecule has 1 unspecified atom stereocenters. The summed E-state index contributed by atoms with van der Waals surface area (Å²) in [6, 6.07) is 5.58. The number of alkyl halides is 1. The lowest BCUT2D eigenvalue weighted by atomic mass is 9.71. The number of nitrogens with two attached hydrogens (primary N) is 1. The highest BCUT2D eigenvalue weighted by atomic mass is 35.5. The van der Waals surface area contributed by atoms with Crippen molar-refractivity contribution in [2.75, 3.05) is 56.6 Å². The summed E-state index contributed by atoms with van der Waals surface area (Å²) in [5.41, 5.74) is 3.82. The number of carbonyl (C=O) groups excluding carboxylic acids is 1. The lowest BCUT2D eigenvalue weighted by molar-refractivity contribution is -0.213. The molecule has 0 bridgehead atoms. The lowest BCUT2D eigenvalue weighted by Crippen LogP contribution is -2.83. The molecule has 55 heavy (non-hydrogen) atoms. The van der Waals surface area contributed by atoms with Crippen molar-refractivity contribution in [3.63, 3.8) is 0 Å². The van der Waals surface area contributed by atoms with Gasteiger partial charge in [0.15, 0.2) is 5.82 Å². The van der Waals surface area contributed by atoms with Crippen molar-refractivity contribution in [2.24, 2.45) is 0 Å². The third kappa shape index (κ3) is 5.43. The highest BCUT2D eigenvalue weighted by Crippen LogP contribution is 2.49. The normalized spacial score (nSPS) is 24.8. The Morgan fingerprint density at radius 2 is 2.04 bits per heavy atom. The number of carbonyl (C=O) groups is 1. The van der Waals surface area contributed by atoms with Gasteiger partial charge in [-0.15, -0.1) is 16.4 Å². The average Bonchev–Trinajstić information content (AvgIpc) is 3.92. The first-order valence-electron chi connectivity index (χ1n) is 17.7. The number of morpholine rings is 1. The maximum absolute atomic E-state index is 17.3. The van der Waals surface area contributed by atoms with Gasteiger partial charge in [0, 0.05) is 35.8 Å². The van der Waals surface area contributed by atoms with E-state index in [0.717, 1.165) is 35.4 Å². The molecule has 0 aliphatic carbocycles. The van der Waals surface area contributed by atoms with Crippen LogP contribution in [-0.2, 0) is 4.74 Å². The van der Waals surface area contributed by atoms with Gasteiger partial charge < -0.3 is 25.0 Å². The van der Waals surface area contributed by atoms with Crippen LogP contribution >= 0.6 is 34.5 Å². The van der Waals surface area contributed by atoms with Crippen LogP contribution in [0.1, 0.15) is 38.7 Å². The van der Waals surface area contributed by atoms with Crippen LogP contribution in [0, 0.1) is 23.0 Å². The number of rotatable bonds is 5. The number of ether oxygens (including phenoxy) is 2. The quantitative estimate of drug-likeness (QED) is 0.209. The smallest absolute Gasteiger partial charge is 0.346 e. The molecular weight excluding hydrogens is 780 g/mol. The summed E-state index contributed by atoms with van der Waals surface area (Å²) in [7, 11) is 0. The summed E-state index contributed by atoms with van der Waals surface area (Å²) in [6.45, 7) is 5.98. The van der Waals surface area contributed by atoms with E-state index in [9.17, 15) is 14.4 Å². The zero-order valence-corrected chi connectivity index (χ0v) is 31.9. The van der Waals surface area contributed by atoms with E-state index in [4.69, 9.17) is 43.4 Å². The maximum atomic E-state index is 17.3. The second-order valence-corrected chi connectivity index (χ2v) is 16.8. The molecule has 19 heteroatoms. The minimum atomic E-state index is -0.987. The number of hydrogen-bond donors (Lipinski definition) is 1. The molecule has 1 spiro atoms. The molecule has 0 radical (unpaired) electrons. The molecule has 4 aliphatic heterocycles. The zero-order valence-electron chi connectivity index (χ0n) is 29.6. The first kappa shape index (κ1) is 36.2.